The lowest BCUT2D eigenvalue weighted by Crippen LogP contribution is -2.49. The third-order valence-corrected chi connectivity index (χ3v) is 4.92. The Labute approximate surface area is 159 Å². The first-order valence-corrected chi connectivity index (χ1v) is 9.09. The number of aryl methyl sites for hydroxylation is 1. The number of nitrogens with two attached hydrogens (primary N) is 1. The molecule has 0 aliphatic carbocycles. The highest BCUT2D eigenvalue weighted by molar-refractivity contribution is 5.79. The van der Waals surface area contributed by atoms with Crippen LogP contribution in [0.4, 0.5) is 10.5 Å². The van der Waals surface area contributed by atoms with Crippen LogP contribution in [0.25, 0.3) is 0 Å². The van der Waals surface area contributed by atoms with Crippen LogP contribution in [0.2, 0.25) is 0 Å². The summed E-state index contributed by atoms with van der Waals surface area (Å²) in [5.41, 5.74) is 8.38. The van der Waals surface area contributed by atoms with Crippen molar-refractivity contribution in [1.29, 1.82) is 0 Å². The van der Waals surface area contributed by atoms with Crippen LogP contribution in [-0.4, -0.2) is 48.0 Å². The average molecular weight is 367 g/mol. The van der Waals surface area contributed by atoms with Crippen LogP contribution in [0.1, 0.15) is 23.6 Å². The summed E-state index contributed by atoms with van der Waals surface area (Å²) in [5, 5.41) is 2.72. The van der Waals surface area contributed by atoms with Gasteiger partial charge in [0.15, 0.2) is 0 Å². The highest BCUT2D eigenvalue weighted by Crippen LogP contribution is 2.22. The highest BCUT2D eigenvalue weighted by atomic mass is 16.2. The number of benzene rings is 1. The molecular formula is C20H25N5O2. The van der Waals surface area contributed by atoms with E-state index in [9.17, 15) is 9.59 Å². The van der Waals surface area contributed by atoms with Gasteiger partial charge in [0.2, 0.25) is 5.91 Å². The van der Waals surface area contributed by atoms with Gasteiger partial charge in [-0.25, -0.2) is 4.79 Å². The molecule has 2 aromatic rings. The molecule has 2 heterocycles. The molecule has 1 aromatic heterocycles. The number of primary amides is 1. The molecule has 7 nitrogen and oxygen atoms in total. The monoisotopic (exact) mass is 367 g/mol. The smallest absolute Gasteiger partial charge is 0.312 e. The molecule has 3 N–H and O–H groups in total. The Morgan fingerprint density at radius 2 is 1.78 bits per heavy atom. The molecule has 3 amide bonds. The van der Waals surface area contributed by atoms with E-state index in [1.807, 2.05) is 48.2 Å². The summed E-state index contributed by atoms with van der Waals surface area (Å²) in [5.74, 6) is 0.0198. The molecule has 1 fully saturated rings. The largest absolute Gasteiger partial charge is 0.368 e. The van der Waals surface area contributed by atoms with Crippen molar-refractivity contribution in [1.82, 2.24) is 15.2 Å². The van der Waals surface area contributed by atoms with Crippen LogP contribution >= 0.6 is 0 Å². The summed E-state index contributed by atoms with van der Waals surface area (Å²) >= 11 is 0. The lowest BCUT2D eigenvalue weighted by molar-refractivity contribution is -0.132. The van der Waals surface area contributed by atoms with Gasteiger partial charge in [-0.1, -0.05) is 24.3 Å². The first-order chi connectivity index (χ1) is 13.0. The van der Waals surface area contributed by atoms with Crippen LogP contribution in [0.15, 0.2) is 48.8 Å². The molecule has 1 atom stereocenters. The number of hydrogen-bond donors (Lipinski definition) is 2. The number of pyridine rings is 1. The Morgan fingerprint density at radius 3 is 2.41 bits per heavy atom. The lowest BCUT2D eigenvalue weighted by Gasteiger charge is -2.36. The molecule has 7 heteroatoms. The van der Waals surface area contributed by atoms with Crippen molar-refractivity contribution in [3.8, 4) is 0 Å². The van der Waals surface area contributed by atoms with Crippen LogP contribution in [-0.2, 0) is 4.79 Å². The first-order valence-electron chi connectivity index (χ1n) is 9.09. The van der Waals surface area contributed by atoms with Crippen molar-refractivity contribution in [3.63, 3.8) is 0 Å². The Kier molecular flexibility index (Phi) is 5.90. The fraction of sp³-hybridized carbons (Fsp3) is 0.350. The number of hydrogen-bond acceptors (Lipinski definition) is 4. The number of piperazine rings is 1. The summed E-state index contributed by atoms with van der Waals surface area (Å²) in [7, 11) is 0. The Morgan fingerprint density at radius 1 is 1.11 bits per heavy atom. The predicted octanol–water partition coefficient (Wildman–Crippen LogP) is 1.84. The summed E-state index contributed by atoms with van der Waals surface area (Å²) in [4.78, 5) is 32.4. The van der Waals surface area contributed by atoms with Gasteiger partial charge in [-0.3, -0.25) is 9.78 Å². The van der Waals surface area contributed by atoms with Crippen molar-refractivity contribution >= 4 is 17.6 Å². The van der Waals surface area contributed by atoms with Crippen LogP contribution in [0, 0.1) is 6.92 Å². The van der Waals surface area contributed by atoms with E-state index in [0.29, 0.717) is 13.1 Å². The van der Waals surface area contributed by atoms with E-state index in [-0.39, 0.29) is 12.3 Å². The van der Waals surface area contributed by atoms with Crippen molar-refractivity contribution in [2.75, 3.05) is 31.1 Å². The SMILES string of the molecule is Cc1ccccc1C(CC(=O)N1CCN(c2ccncc2)CC1)NC(N)=O. The molecule has 0 spiro atoms. The van der Waals surface area contributed by atoms with Gasteiger partial charge in [-0.05, 0) is 30.2 Å². The lowest BCUT2D eigenvalue weighted by atomic mass is 9.98. The molecule has 1 unspecified atom stereocenters. The van der Waals surface area contributed by atoms with E-state index in [1.54, 1.807) is 12.4 Å². The van der Waals surface area contributed by atoms with Crippen molar-refractivity contribution in [2.45, 2.75) is 19.4 Å². The molecule has 1 aliphatic rings. The summed E-state index contributed by atoms with van der Waals surface area (Å²) in [6.07, 6.45) is 3.74. The minimum absolute atomic E-state index is 0.0198. The van der Waals surface area contributed by atoms with Crippen molar-refractivity contribution in [3.05, 3.63) is 59.9 Å². The number of rotatable bonds is 5. The molecule has 142 valence electrons. The number of nitrogens with one attached hydrogen (secondary N) is 1. The third kappa shape index (κ3) is 4.75. The van der Waals surface area contributed by atoms with Crippen LogP contribution in [0.5, 0.6) is 0 Å². The molecule has 0 bridgehead atoms. The fourth-order valence-corrected chi connectivity index (χ4v) is 3.46. The van der Waals surface area contributed by atoms with E-state index < -0.39 is 12.1 Å². The zero-order valence-electron chi connectivity index (χ0n) is 15.5. The molecular weight excluding hydrogens is 342 g/mol. The average Bonchev–Trinajstić information content (AvgIpc) is 2.68. The number of nitrogens with zero attached hydrogens (tertiary/aromatic N) is 3. The van der Waals surface area contributed by atoms with E-state index >= 15 is 0 Å². The third-order valence-electron chi connectivity index (χ3n) is 4.92. The maximum Gasteiger partial charge on any atom is 0.312 e. The maximum absolute atomic E-state index is 12.8. The molecule has 27 heavy (non-hydrogen) atoms. The van der Waals surface area contributed by atoms with Crippen LogP contribution in [0.3, 0.4) is 0 Å². The summed E-state index contributed by atoms with van der Waals surface area (Å²) < 4.78 is 0. The van der Waals surface area contributed by atoms with Gasteiger partial charge in [-0.15, -0.1) is 0 Å². The number of carbonyl (C=O) groups is 2. The van der Waals surface area contributed by atoms with Gasteiger partial charge in [-0.2, -0.15) is 0 Å². The molecule has 1 aliphatic heterocycles. The number of carbonyl (C=O) groups excluding carboxylic acids is 2. The van der Waals surface area contributed by atoms with Crippen LogP contribution < -0.4 is 16.0 Å². The second-order valence-corrected chi connectivity index (χ2v) is 6.70. The molecule has 1 saturated heterocycles. The quantitative estimate of drug-likeness (QED) is 0.843. The van der Waals surface area contributed by atoms with Gasteiger partial charge in [0.25, 0.3) is 0 Å². The van der Waals surface area contributed by atoms with E-state index in [4.69, 9.17) is 5.73 Å². The Bertz CT molecular complexity index is 788. The summed E-state index contributed by atoms with van der Waals surface area (Å²) in [6.45, 7) is 4.81. The number of aromatic nitrogens is 1. The predicted molar refractivity (Wildman–Crippen MR) is 104 cm³/mol. The fourth-order valence-electron chi connectivity index (χ4n) is 3.46. The number of anilines is 1. The topological polar surface area (TPSA) is 91.6 Å². The van der Waals surface area contributed by atoms with Crippen molar-refractivity contribution in [2.24, 2.45) is 5.73 Å². The van der Waals surface area contributed by atoms with Gasteiger partial charge < -0.3 is 20.9 Å². The molecule has 0 radical (unpaired) electrons. The van der Waals surface area contributed by atoms with Gasteiger partial charge >= 0.3 is 6.03 Å². The first kappa shape index (κ1) is 18.7. The van der Waals surface area contributed by atoms with E-state index in [1.165, 1.54) is 0 Å². The van der Waals surface area contributed by atoms with Gasteiger partial charge in [0.05, 0.1) is 12.5 Å². The molecule has 1 aromatic carbocycles. The zero-order valence-corrected chi connectivity index (χ0v) is 15.5. The minimum atomic E-state index is -0.626. The highest BCUT2D eigenvalue weighted by Gasteiger charge is 2.25. The second-order valence-electron chi connectivity index (χ2n) is 6.70. The van der Waals surface area contributed by atoms with E-state index in [2.05, 4.69) is 15.2 Å². The normalized spacial score (nSPS) is 15.3. The zero-order chi connectivity index (χ0) is 19.2. The second kappa shape index (κ2) is 8.53. The van der Waals surface area contributed by atoms with E-state index in [0.717, 1.165) is 29.9 Å². The molecule has 0 saturated carbocycles. The van der Waals surface area contributed by atoms with Crippen molar-refractivity contribution < 1.29 is 9.59 Å². The Hall–Kier alpha value is -3.09. The van der Waals surface area contributed by atoms with Gasteiger partial charge in [0.1, 0.15) is 0 Å². The van der Waals surface area contributed by atoms with Gasteiger partial charge in [0, 0.05) is 44.3 Å². The standard InChI is InChI=1S/C20H25N5O2/c1-15-4-2-3-5-17(15)18(23-20(21)27)14-19(26)25-12-10-24(11-13-25)16-6-8-22-9-7-16/h2-9,18H,10-14H2,1H3,(H3,21,23,27). The number of urea groups is 1. The molecule has 3 rings (SSSR count). The number of amides is 3. The maximum atomic E-state index is 12.8. The Balaban J connectivity index is 1.63. The summed E-state index contributed by atoms with van der Waals surface area (Å²) in [6, 6.07) is 10.6. The minimum Gasteiger partial charge on any atom is -0.368 e.